The van der Waals surface area contributed by atoms with Gasteiger partial charge < -0.3 is 15.1 Å². The monoisotopic (exact) mass is 814 g/mol. The maximum Gasteiger partial charge on any atom is 0.335 e. The van der Waals surface area contributed by atoms with Crippen LogP contribution in [0, 0.1) is 39.5 Å². The predicted octanol–water partition coefficient (Wildman–Crippen LogP) is 13.7. The van der Waals surface area contributed by atoms with E-state index in [2.05, 4.69) is 189 Å². The van der Waals surface area contributed by atoms with Crippen LogP contribution in [-0.2, 0) is 0 Å². The highest BCUT2D eigenvalue weighted by Gasteiger charge is 2.22. The summed E-state index contributed by atoms with van der Waals surface area (Å²) in [6, 6.07) is 49.5. The number of aromatic nitrogens is 4. The summed E-state index contributed by atoms with van der Waals surface area (Å²) >= 11 is 0. The van der Waals surface area contributed by atoms with Gasteiger partial charge in [0, 0.05) is 49.9 Å². The molecule has 0 spiro atoms. The van der Waals surface area contributed by atoms with E-state index < -0.39 is 5.97 Å². The SMILES string of the molecule is Cc1ccc(-c2c3nc(c(-c4ccc(C)cc4)c4ccc([nH]4)c(-c4ccc(C)cc4)c4nc(c(-c5ccc(C)cc5)c5ccc2[nH]5)C=C4C#Cc2ccc(C(=O)O)cc2)C=C3)cc1. The fourth-order valence-electron chi connectivity index (χ4n) is 8.31. The number of aryl methyl sites for hydroxylation is 4. The number of nitrogens with one attached hydrogen (secondary N) is 2. The van der Waals surface area contributed by atoms with E-state index in [1.54, 1.807) is 24.3 Å². The van der Waals surface area contributed by atoms with Gasteiger partial charge in [-0.3, -0.25) is 0 Å². The molecular weight excluding hydrogens is 773 g/mol. The summed E-state index contributed by atoms with van der Waals surface area (Å²) in [6.07, 6.45) is 6.33. The predicted molar refractivity (Wildman–Crippen MR) is 259 cm³/mol. The number of carboxylic acids is 1. The summed E-state index contributed by atoms with van der Waals surface area (Å²) in [4.78, 5) is 30.4. The number of aromatic carboxylic acids is 1. The Balaban J connectivity index is 1.38. The van der Waals surface area contributed by atoms with E-state index in [9.17, 15) is 9.90 Å². The van der Waals surface area contributed by atoms with E-state index in [4.69, 9.17) is 9.97 Å². The Labute approximate surface area is 366 Å². The first-order chi connectivity index (χ1) is 30.6. The number of fused-ring (bicyclic) bond motifs is 8. The molecule has 0 saturated heterocycles. The summed E-state index contributed by atoms with van der Waals surface area (Å²) in [7, 11) is 0. The van der Waals surface area contributed by atoms with Gasteiger partial charge in [0.2, 0.25) is 0 Å². The first-order valence-electron chi connectivity index (χ1n) is 21.0. The van der Waals surface area contributed by atoms with Crippen LogP contribution in [0.25, 0.3) is 90.4 Å². The second-order valence-corrected chi connectivity index (χ2v) is 16.3. The third-order valence-corrected chi connectivity index (χ3v) is 11.7. The molecule has 0 radical (unpaired) electrons. The van der Waals surface area contributed by atoms with Crippen molar-refractivity contribution in [3.05, 3.63) is 202 Å². The number of aromatic amines is 2. The molecule has 0 unspecified atom stereocenters. The lowest BCUT2D eigenvalue weighted by atomic mass is 9.98. The molecule has 8 bridgehead atoms. The first kappa shape index (κ1) is 38.9. The summed E-state index contributed by atoms with van der Waals surface area (Å²) in [5.74, 6) is 5.85. The number of hydrogen-bond acceptors (Lipinski definition) is 3. The van der Waals surface area contributed by atoms with E-state index in [1.165, 1.54) is 11.1 Å². The van der Waals surface area contributed by atoms with Crippen LogP contribution in [0.3, 0.4) is 0 Å². The summed E-state index contributed by atoms with van der Waals surface area (Å²) in [6.45, 7) is 8.38. The number of nitrogens with zero attached hydrogens (tertiary/aromatic N) is 2. The number of allylic oxidation sites excluding steroid dienone is 1. The maximum atomic E-state index is 11.7. The molecule has 6 nitrogen and oxygen atoms in total. The minimum atomic E-state index is -0.979. The van der Waals surface area contributed by atoms with Gasteiger partial charge in [0.1, 0.15) is 0 Å². The molecule has 0 saturated carbocycles. The van der Waals surface area contributed by atoms with Crippen LogP contribution in [0.1, 0.15) is 61.0 Å². The average Bonchev–Trinajstić information content (AvgIpc) is 4.13. The fraction of sp³-hybridized carbons (Fsp3) is 0.0702. The summed E-state index contributed by atoms with van der Waals surface area (Å²) in [5, 5.41) is 9.57. The molecule has 0 atom stereocenters. The molecule has 0 fully saturated rings. The van der Waals surface area contributed by atoms with Crippen molar-refractivity contribution in [3.63, 3.8) is 0 Å². The van der Waals surface area contributed by atoms with Crippen molar-refractivity contribution >= 4 is 51.8 Å². The van der Waals surface area contributed by atoms with Crippen LogP contribution in [0.2, 0.25) is 0 Å². The van der Waals surface area contributed by atoms with Crippen molar-refractivity contribution in [2.45, 2.75) is 27.7 Å². The normalized spacial score (nSPS) is 11.8. The zero-order valence-corrected chi connectivity index (χ0v) is 35.3. The Morgan fingerprint density at radius 1 is 0.444 bits per heavy atom. The maximum absolute atomic E-state index is 11.7. The molecule has 5 heterocycles. The van der Waals surface area contributed by atoms with Crippen LogP contribution >= 0.6 is 0 Å². The highest BCUT2D eigenvalue weighted by Crippen LogP contribution is 2.40. The molecule has 2 aliphatic rings. The second kappa shape index (κ2) is 16.0. The van der Waals surface area contributed by atoms with Crippen molar-refractivity contribution in [1.82, 2.24) is 19.9 Å². The van der Waals surface area contributed by atoms with Gasteiger partial charge in [-0.1, -0.05) is 131 Å². The van der Waals surface area contributed by atoms with Crippen molar-refractivity contribution in [1.29, 1.82) is 0 Å². The Morgan fingerprint density at radius 3 is 1.24 bits per heavy atom. The highest BCUT2D eigenvalue weighted by molar-refractivity contribution is 6.05. The number of carbonyl (C=O) groups is 1. The fourth-order valence-corrected chi connectivity index (χ4v) is 8.31. The summed E-state index contributed by atoms with van der Waals surface area (Å²) in [5.41, 5.74) is 21.0. The van der Waals surface area contributed by atoms with Gasteiger partial charge >= 0.3 is 5.97 Å². The summed E-state index contributed by atoms with van der Waals surface area (Å²) < 4.78 is 0. The molecule has 6 heteroatoms. The van der Waals surface area contributed by atoms with E-state index in [0.29, 0.717) is 5.56 Å². The van der Waals surface area contributed by atoms with E-state index in [1.807, 2.05) is 0 Å². The third-order valence-electron chi connectivity index (χ3n) is 11.7. The molecular formula is C57H42N4O2. The number of H-pyrrole nitrogens is 2. The van der Waals surface area contributed by atoms with Gasteiger partial charge in [-0.25, -0.2) is 14.8 Å². The van der Waals surface area contributed by atoms with E-state index in [0.717, 1.165) is 106 Å². The molecule has 8 aromatic rings. The zero-order chi connectivity index (χ0) is 43.2. The molecule has 0 amide bonds. The number of hydrogen-bond donors (Lipinski definition) is 3. The van der Waals surface area contributed by atoms with Gasteiger partial charge in [0.15, 0.2) is 0 Å². The molecule has 10 rings (SSSR count). The molecule has 3 aromatic heterocycles. The van der Waals surface area contributed by atoms with Crippen molar-refractivity contribution < 1.29 is 9.90 Å². The van der Waals surface area contributed by atoms with Crippen molar-refractivity contribution in [3.8, 4) is 56.3 Å². The minimum Gasteiger partial charge on any atom is -0.478 e. The van der Waals surface area contributed by atoms with Crippen LogP contribution in [0.5, 0.6) is 0 Å². The molecule has 5 aromatic carbocycles. The number of benzene rings is 5. The quantitative estimate of drug-likeness (QED) is 0.151. The standard InChI is InChI=1S/C57H42N4O2/c1-34-5-16-39(17-6-34)52-45-27-28-46(58-45)53(40-18-7-35(2)8-19-40)48-31-32-50(60-48)55(42-22-11-37(4)12-23-42)56-44(26-15-38-13-24-43(25-14-38)57(62)63)33-51(61-56)54(49-30-29-47(52)59-49)41-20-9-36(3)10-21-41/h5-14,16-25,27-33,59-60H,1-4H3,(H,62,63). The van der Waals surface area contributed by atoms with Gasteiger partial charge in [-0.15, -0.1) is 0 Å². The lowest BCUT2D eigenvalue weighted by Crippen LogP contribution is -1.95. The zero-order valence-electron chi connectivity index (χ0n) is 35.3. The van der Waals surface area contributed by atoms with Gasteiger partial charge in [-0.2, -0.15) is 0 Å². The number of rotatable bonds is 5. The highest BCUT2D eigenvalue weighted by atomic mass is 16.4. The van der Waals surface area contributed by atoms with Gasteiger partial charge in [-0.05, 0) is 117 Å². The van der Waals surface area contributed by atoms with Crippen LogP contribution in [-0.4, -0.2) is 31.0 Å². The van der Waals surface area contributed by atoms with Crippen molar-refractivity contribution in [2.75, 3.05) is 0 Å². The largest absolute Gasteiger partial charge is 0.478 e. The lowest BCUT2D eigenvalue weighted by molar-refractivity contribution is 0.0697. The van der Waals surface area contributed by atoms with Crippen LogP contribution in [0.4, 0.5) is 0 Å². The molecule has 2 aliphatic heterocycles. The second-order valence-electron chi connectivity index (χ2n) is 16.3. The minimum absolute atomic E-state index is 0.209. The Hall–Kier alpha value is -8.27. The first-order valence-corrected chi connectivity index (χ1v) is 21.0. The van der Waals surface area contributed by atoms with Gasteiger partial charge in [0.25, 0.3) is 0 Å². The van der Waals surface area contributed by atoms with Crippen LogP contribution in [0.15, 0.2) is 146 Å². The van der Waals surface area contributed by atoms with E-state index in [-0.39, 0.29) is 5.56 Å². The Bertz CT molecular complexity index is 3410. The molecule has 63 heavy (non-hydrogen) atoms. The Kier molecular flexibility index (Phi) is 9.86. The van der Waals surface area contributed by atoms with Crippen LogP contribution < -0.4 is 0 Å². The van der Waals surface area contributed by atoms with Gasteiger partial charge in [0.05, 0.1) is 33.9 Å². The number of carboxylic acid groups (broad SMARTS) is 1. The average molecular weight is 815 g/mol. The lowest BCUT2D eigenvalue weighted by Gasteiger charge is -2.08. The molecule has 3 N–H and O–H groups in total. The van der Waals surface area contributed by atoms with E-state index >= 15 is 0 Å². The molecule has 302 valence electrons. The topological polar surface area (TPSA) is 94.7 Å². The smallest absolute Gasteiger partial charge is 0.335 e. The Morgan fingerprint density at radius 2 is 0.825 bits per heavy atom. The van der Waals surface area contributed by atoms with Crippen molar-refractivity contribution in [2.24, 2.45) is 0 Å². The molecule has 0 aliphatic carbocycles. The third kappa shape index (κ3) is 7.58.